The summed E-state index contributed by atoms with van der Waals surface area (Å²) in [7, 11) is 0. The maximum Gasteiger partial charge on any atom is 0.188 e. The second kappa shape index (κ2) is 4.70. The van der Waals surface area contributed by atoms with Crippen LogP contribution in [0.15, 0.2) is 48.8 Å². The monoisotopic (exact) mass is 240 g/mol. The van der Waals surface area contributed by atoms with Gasteiger partial charge < -0.3 is 5.73 Å². The highest BCUT2D eigenvalue weighted by molar-refractivity contribution is 6.03. The summed E-state index contributed by atoms with van der Waals surface area (Å²) < 4.78 is 0. The van der Waals surface area contributed by atoms with Gasteiger partial charge in [-0.15, -0.1) is 0 Å². The predicted octanol–water partition coefficient (Wildman–Crippen LogP) is 2.45. The molecular formula is C15H16N2O. The third kappa shape index (κ3) is 2.31. The molecule has 2 N–H and O–H groups in total. The number of aromatic nitrogens is 1. The Labute approximate surface area is 107 Å². The van der Waals surface area contributed by atoms with Crippen LogP contribution in [-0.2, 0) is 5.54 Å². The summed E-state index contributed by atoms with van der Waals surface area (Å²) in [6.45, 7) is 3.63. The Morgan fingerprint density at radius 1 is 1.22 bits per heavy atom. The summed E-state index contributed by atoms with van der Waals surface area (Å²) in [5, 5.41) is 0. The Morgan fingerprint density at radius 2 is 1.89 bits per heavy atom. The fraction of sp³-hybridized carbons (Fsp3) is 0.200. The second-order valence-electron chi connectivity index (χ2n) is 4.65. The molecule has 1 heterocycles. The Kier molecular flexibility index (Phi) is 3.26. The van der Waals surface area contributed by atoms with Gasteiger partial charge in [-0.3, -0.25) is 9.78 Å². The molecule has 3 heteroatoms. The molecule has 0 aliphatic heterocycles. The number of carbonyl (C=O) groups excluding carboxylic acids is 1. The van der Waals surface area contributed by atoms with Crippen molar-refractivity contribution in [1.82, 2.24) is 4.98 Å². The predicted molar refractivity (Wildman–Crippen MR) is 71.3 cm³/mol. The number of aryl methyl sites for hydroxylation is 1. The van der Waals surface area contributed by atoms with Gasteiger partial charge in [0.05, 0.1) is 0 Å². The van der Waals surface area contributed by atoms with Crippen LogP contribution in [0.3, 0.4) is 0 Å². The van der Waals surface area contributed by atoms with Gasteiger partial charge in [-0.1, -0.05) is 30.3 Å². The molecule has 18 heavy (non-hydrogen) atoms. The van der Waals surface area contributed by atoms with Gasteiger partial charge in [0.15, 0.2) is 5.78 Å². The first kappa shape index (κ1) is 12.5. The van der Waals surface area contributed by atoms with E-state index in [-0.39, 0.29) is 5.78 Å². The SMILES string of the molecule is Cc1cncc(C(=O)C(C)(N)c2ccccc2)c1. The fourth-order valence-electron chi connectivity index (χ4n) is 1.89. The summed E-state index contributed by atoms with van der Waals surface area (Å²) in [6, 6.07) is 11.2. The molecule has 1 unspecified atom stereocenters. The maximum absolute atomic E-state index is 12.5. The first-order valence-corrected chi connectivity index (χ1v) is 5.82. The van der Waals surface area contributed by atoms with Crippen LogP contribution in [0.4, 0.5) is 0 Å². The third-order valence-electron chi connectivity index (χ3n) is 2.98. The third-order valence-corrected chi connectivity index (χ3v) is 2.98. The highest BCUT2D eigenvalue weighted by Crippen LogP contribution is 2.22. The summed E-state index contributed by atoms with van der Waals surface area (Å²) >= 11 is 0. The Bertz CT molecular complexity index is 562. The Morgan fingerprint density at radius 3 is 2.50 bits per heavy atom. The van der Waals surface area contributed by atoms with Crippen molar-refractivity contribution in [2.24, 2.45) is 5.73 Å². The number of hydrogen-bond donors (Lipinski definition) is 1. The highest BCUT2D eigenvalue weighted by atomic mass is 16.1. The van der Waals surface area contributed by atoms with Crippen LogP contribution in [0.1, 0.15) is 28.4 Å². The number of ketones is 1. The van der Waals surface area contributed by atoms with Crippen molar-refractivity contribution >= 4 is 5.78 Å². The topological polar surface area (TPSA) is 56.0 Å². The van der Waals surface area contributed by atoms with Gasteiger partial charge in [-0.2, -0.15) is 0 Å². The van der Waals surface area contributed by atoms with Gasteiger partial charge in [0.1, 0.15) is 5.54 Å². The fourth-order valence-corrected chi connectivity index (χ4v) is 1.89. The van der Waals surface area contributed by atoms with E-state index in [1.807, 2.05) is 43.3 Å². The molecule has 0 aliphatic rings. The molecule has 0 saturated carbocycles. The number of carbonyl (C=O) groups is 1. The van der Waals surface area contributed by atoms with E-state index in [1.165, 1.54) is 0 Å². The molecular weight excluding hydrogens is 224 g/mol. The van der Waals surface area contributed by atoms with Gasteiger partial charge in [-0.25, -0.2) is 0 Å². The molecule has 3 nitrogen and oxygen atoms in total. The van der Waals surface area contributed by atoms with E-state index in [9.17, 15) is 4.79 Å². The van der Waals surface area contributed by atoms with Crippen molar-refractivity contribution in [2.45, 2.75) is 19.4 Å². The summed E-state index contributed by atoms with van der Waals surface area (Å²) in [4.78, 5) is 16.5. The largest absolute Gasteiger partial charge is 0.315 e. The van der Waals surface area contributed by atoms with E-state index in [0.29, 0.717) is 5.56 Å². The number of nitrogens with zero attached hydrogens (tertiary/aromatic N) is 1. The van der Waals surface area contributed by atoms with Crippen LogP contribution in [0.2, 0.25) is 0 Å². The molecule has 2 rings (SSSR count). The minimum atomic E-state index is -1.03. The molecule has 2 aromatic rings. The first-order valence-electron chi connectivity index (χ1n) is 5.82. The van der Waals surface area contributed by atoms with Gasteiger partial charge >= 0.3 is 0 Å². The van der Waals surface area contributed by atoms with Crippen molar-refractivity contribution < 1.29 is 4.79 Å². The zero-order valence-corrected chi connectivity index (χ0v) is 10.6. The van der Waals surface area contributed by atoms with E-state index in [1.54, 1.807) is 19.3 Å². The number of Topliss-reactive ketones (excluding diaryl/α,β-unsaturated/α-hetero) is 1. The lowest BCUT2D eigenvalue weighted by Gasteiger charge is -2.23. The Hall–Kier alpha value is -2.00. The van der Waals surface area contributed by atoms with Crippen molar-refractivity contribution in [3.05, 3.63) is 65.5 Å². The summed E-state index contributed by atoms with van der Waals surface area (Å²) in [5.41, 5.74) is 7.45. The maximum atomic E-state index is 12.5. The quantitative estimate of drug-likeness (QED) is 0.838. The van der Waals surface area contributed by atoms with E-state index in [2.05, 4.69) is 4.98 Å². The molecule has 1 aromatic carbocycles. The average Bonchev–Trinajstić information content (AvgIpc) is 2.39. The van der Waals surface area contributed by atoms with Crippen LogP contribution >= 0.6 is 0 Å². The van der Waals surface area contributed by atoms with Gasteiger partial charge in [0.2, 0.25) is 0 Å². The molecule has 0 aliphatic carbocycles. The van der Waals surface area contributed by atoms with E-state index in [0.717, 1.165) is 11.1 Å². The van der Waals surface area contributed by atoms with E-state index in [4.69, 9.17) is 5.73 Å². The molecule has 0 fully saturated rings. The molecule has 1 aromatic heterocycles. The lowest BCUT2D eigenvalue weighted by atomic mass is 9.85. The van der Waals surface area contributed by atoms with Crippen LogP contribution in [0.25, 0.3) is 0 Å². The van der Waals surface area contributed by atoms with Crippen LogP contribution in [0, 0.1) is 6.92 Å². The van der Waals surface area contributed by atoms with Gasteiger partial charge in [0, 0.05) is 18.0 Å². The van der Waals surface area contributed by atoms with Gasteiger partial charge in [0.25, 0.3) is 0 Å². The van der Waals surface area contributed by atoms with Crippen molar-refractivity contribution in [2.75, 3.05) is 0 Å². The van der Waals surface area contributed by atoms with Crippen LogP contribution < -0.4 is 5.73 Å². The molecule has 0 amide bonds. The molecule has 0 saturated heterocycles. The van der Waals surface area contributed by atoms with Crippen molar-refractivity contribution in [3.8, 4) is 0 Å². The molecule has 0 spiro atoms. The number of pyridine rings is 1. The zero-order chi connectivity index (χ0) is 13.2. The number of hydrogen-bond acceptors (Lipinski definition) is 3. The minimum absolute atomic E-state index is 0.120. The number of rotatable bonds is 3. The van der Waals surface area contributed by atoms with E-state index < -0.39 is 5.54 Å². The lowest BCUT2D eigenvalue weighted by molar-refractivity contribution is 0.0899. The standard InChI is InChI=1S/C15H16N2O/c1-11-8-12(10-17-9-11)14(18)15(2,16)13-6-4-3-5-7-13/h3-10H,16H2,1-2H3. The van der Waals surface area contributed by atoms with Gasteiger partial charge in [-0.05, 0) is 31.0 Å². The number of nitrogens with two attached hydrogens (primary N) is 1. The minimum Gasteiger partial charge on any atom is -0.315 e. The van der Waals surface area contributed by atoms with Crippen LogP contribution in [-0.4, -0.2) is 10.8 Å². The average molecular weight is 240 g/mol. The molecule has 92 valence electrons. The molecule has 0 radical (unpaired) electrons. The molecule has 0 bridgehead atoms. The zero-order valence-electron chi connectivity index (χ0n) is 10.6. The van der Waals surface area contributed by atoms with Crippen molar-refractivity contribution in [3.63, 3.8) is 0 Å². The highest BCUT2D eigenvalue weighted by Gasteiger charge is 2.31. The van der Waals surface area contributed by atoms with E-state index >= 15 is 0 Å². The first-order chi connectivity index (χ1) is 8.51. The normalized spacial score (nSPS) is 13.9. The lowest BCUT2D eigenvalue weighted by Crippen LogP contribution is -2.41. The number of benzene rings is 1. The van der Waals surface area contributed by atoms with Crippen LogP contribution in [0.5, 0.6) is 0 Å². The smallest absolute Gasteiger partial charge is 0.188 e. The van der Waals surface area contributed by atoms with Crippen molar-refractivity contribution in [1.29, 1.82) is 0 Å². The second-order valence-corrected chi connectivity index (χ2v) is 4.65. The molecule has 1 atom stereocenters. The Balaban J connectivity index is 2.39. The summed E-state index contributed by atoms with van der Waals surface area (Å²) in [5.74, 6) is -0.120. The summed E-state index contributed by atoms with van der Waals surface area (Å²) in [6.07, 6.45) is 3.27.